The smallest absolute Gasteiger partial charge is 0.340 e. The van der Waals surface area contributed by atoms with Crippen molar-refractivity contribution in [3.8, 4) is 11.5 Å². The van der Waals surface area contributed by atoms with Crippen molar-refractivity contribution in [2.45, 2.75) is 19.9 Å². The van der Waals surface area contributed by atoms with Crippen LogP contribution >= 0.6 is 0 Å². The number of anilines is 1. The number of esters is 1. The van der Waals surface area contributed by atoms with Gasteiger partial charge in [0.25, 0.3) is 0 Å². The van der Waals surface area contributed by atoms with Crippen molar-refractivity contribution in [2.24, 2.45) is 0 Å². The summed E-state index contributed by atoms with van der Waals surface area (Å²) in [6.07, 6.45) is 0. The number of carbonyl (C=O) groups is 3. The molecule has 1 unspecified atom stereocenters. The first-order valence-electron chi connectivity index (χ1n) is 9.01. The van der Waals surface area contributed by atoms with Gasteiger partial charge in [0.15, 0.2) is 11.5 Å². The number of carbonyl (C=O) groups excluding carboxylic acids is 3. The zero-order valence-electron chi connectivity index (χ0n) is 16.8. The Morgan fingerprint density at radius 2 is 1.66 bits per heavy atom. The molecule has 0 fully saturated rings. The SMILES string of the molecule is CCOC(=O)c1ccccc1NC(=O)C(=O)NC(C)c1ccc(OC)c(OC)c1. The highest BCUT2D eigenvalue weighted by atomic mass is 16.5. The molecule has 154 valence electrons. The van der Waals surface area contributed by atoms with Crippen molar-refractivity contribution in [3.63, 3.8) is 0 Å². The number of amides is 2. The molecule has 0 aliphatic heterocycles. The van der Waals surface area contributed by atoms with Crippen molar-refractivity contribution in [1.29, 1.82) is 0 Å². The molecular formula is C21H24N2O6. The van der Waals surface area contributed by atoms with Gasteiger partial charge in [-0.3, -0.25) is 9.59 Å². The number of methoxy groups -OCH3 is 2. The van der Waals surface area contributed by atoms with E-state index in [9.17, 15) is 14.4 Å². The van der Waals surface area contributed by atoms with E-state index in [1.165, 1.54) is 26.4 Å². The number of benzene rings is 2. The van der Waals surface area contributed by atoms with Crippen molar-refractivity contribution >= 4 is 23.5 Å². The van der Waals surface area contributed by atoms with Crippen LogP contribution < -0.4 is 20.1 Å². The first-order chi connectivity index (χ1) is 13.9. The van der Waals surface area contributed by atoms with Crippen molar-refractivity contribution in [3.05, 3.63) is 53.6 Å². The van der Waals surface area contributed by atoms with Gasteiger partial charge in [-0.1, -0.05) is 18.2 Å². The molecular weight excluding hydrogens is 376 g/mol. The van der Waals surface area contributed by atoms with Gasteiger partial charge in [0.05, 0.1) is 38.1 Å². The maximum Gasteiger partial charge on any atom is 0.340 e. The van der Waals surface area contributed by atoms with Crippen LogP contribution in [0.4, 0.5) is 5.69 Å². The lowest BCUT2D eigenvalue weighted by Crippen LogP contribution is -2.37. The standard InChI is InChI=1S/C21H24N2O6/c1-5-29-21(26)15-8-6-7-9-16(15)23-20(25)19(24)22-13(2)14-10-11-17(27-3)18(12-14)28-4/h6-13H,5H2,1-4H3,(H,22,24)(H,23,25). The molecule has 2 N–H and O–H groups in total. The largest absolute Gasteiger partial charge is 0.493 e. The molecule has 2 aromatic rings. The van der Waals surface area contributed by atoms with E-state index in [0.29, 0.717) is 11.5 Å². The van der Waals surface area contributed by atoms with Gasteiger partial charge in [-0.15, -0.1) is 0 Å². The van der Waals surface area contributed by atoms with Gasteiger partial charge >= 0.3 is 17.8 Å². The second-order valence-corrected chi connectivity index (χ2v) is 6.03. The fourth-order valence-corrected chi connectivity index (χ4v) is 2.63. The summed E-state index contributed by atoms with van der Waals surface area (Å²) in [4.78, 5) is 36.6. The van der Waals surface area contributed by atoms with Crippen LogP contribution in [0, 0.1) is 0 Å². The highest BCUT2D eigenvalue weighted by Crippen LogP contribution is 2.29. The topological polar surface area (TPSA) is 103 Å². The van der Waals surface area contributed by atoms with Crippen LogP contribution in [0.15, 0.2) is 42.5 Å². The fourth-order valence-electron chi connectivity index (χ4n) is 2.63. The van der Waals surface area contributed by atoms with Crippen LogP contribution in [0.2, 0.25) is 0 Å². The minimum Gasteiger partial charge on any atom is -0.493 e. The van der Waals surface area contributed by atoms with Gasteiger partial charge in [-0.05, 0) is 43.7 Å². The molecule has 8 heteroatoms. The van der Waals surface area contributed by atoms with Crippen molar-refractivity contribution < 1.29 is 28.6 Å². The molecule has 29 heavy (non-hydrogen) atoms. The Morgan fingerprint density at radius 1 is 0.966 bits per heavy atom. The van der Waals surface area contributed by atoms with Crippen LogP contribution in [-0.4, -0.2) is 38.6 Å². The number of hydrogen-bond acceptors (Lipinski definition) is 6. The lowest BCUT2D eigenvalue weighted by atomic mass is 10.1. The monoisotopic (exact) mass is 400 g/mol. The lowest BCUT2D eigenvalue weighted by Gasteiger charge is -2.16. The van der Waals surface area contributed by atoms with E-state index in [4.69, 9.17) is 14.2 Å². The maximum atomic E-state index is 12.3. The Hall–Kier alpha value is -3.55. The molecule has 0 aliphatic carbocycles. The molecule has 0 radical (unpaired) electrons. The van der Waals surface area contributed by atoms with E-state index >= 15 is 0 Å². The Kier molecular flexibility index (Phi) is 7.59. The lowest BCUT2D eigenvalue weighted by molar-refractivity contribution is -0.136. The zero-order valence-corrected chi connectivity index (χ0v) is 16.8. The van der Waals surface area contributed by atoms with Crippen LogP contribution in [0.1, 0.15) is 35.8 Å². The Morgan fingerprint density at radius 3 is 2.31 bits per heavy atom. The molecule has 0 spiro atoms. The molecule has 0 saturated heterocycles. The summed E-state index contributed by atoms with van der Waals surface area (Å²) in [6.45, 7) is 3.62. The molecule has 0 aliphatic rings. The normalized spacial score (nSPS) is 11.2. The van der Waals surface area contributed by atoms with E-state index in [1.807, 2.05) is 0 Å². The van der Waals surface area contributed by atoms with Crippen molar-refractivity contribution in [2.75, 3.05) is 26.1 Å². The zero-order chi connectivity index (χ0) is 21.4. The molecule has 1 atom stereocenters. The first-order valence-corrected chi connectivity index (χ1v) is 9.01. The van der Waals surface area contributed by atoms with Gasteiger partial charge in [-0.25, -0.2) is 4.79 Å². The number of nitrogens with one attached hydrogen (secondary N) is 2. The Bertz CT molecular complexity index is 896. The van der Waals surface area contributed by atoms with Gasteiger partial charge in [0, 0.05) is 0 Å². The number of rotatable bonds is 7. The van der Waals surface area contributed by atoms with Gasteiger partial charge in [0.2, 0.25) is 0 Å². The second-order valence-electron chi connectivity index (χ2n) is 6.03. The van der Waals surface area contributed by atoms with Gasteiger partial charge in [-0.2, -0.15) is 0 Å². The first kappa shape index (κ1) is 21.7. The van der Waals surface area contributed by atoms with E-state index in [1.54, 1.807) is 44.2 Å². The molecule has 2 amide bonds. The average molecular weight is 400 g/mol. The quantitative estimate of drug-likeness (QED) is 0.547. The third-order valence-corrected chi connectivity index (χ3v) is 4.13. The molecule has 0 aromatic heterocycles. The summed E-state index contributed by atoms with van der Waals surface area (Å²) in [5.41, 5.74) is 1.10. The number of para-hydroxylation sites is 1. The predicted molar refractivity (Wildman–Crippen MR) is 107 cm³/mol. The number of ether oxygens (including phenoxy) is 3. The highest BCUT2D eigenvalue weighted by Gasteiger charge is 2.21. The summed E-state index contributed by atoms with van der Waals surface area (Å²) in [5, 5.41) is 5.07. The molecule has 0 heterocycles. The van der Waals surface area contributed by atoms with Gasteiger partial charge < -0.3 is 24.8 Å². The minimum atomic E-state index is -0.894. The van der Waals surface area contributed by atoms with Crippen molar-refractivity contribution in [1.82, 2.24) is 5.32 Å². The van der Waals surface area contributed by atoms with Crippen LogP contribution in [0.3, 0.4) is 0 Å². The Labute approximate surface area is 169 Å². The van der Waals surface area contributed by atoms with Gasteiger partial charge in [0.1, 0.15) is 0 Å². The number of hydrogen-bond donors (Lipinski definition) is 2. The molecule has 8 nitrogen and oxygen atoms in total. The van der Waals surface area contributed by atoms with E-state index < -0.39 is 23.8 Å². The molecule has 0 saturated carbocycles. The van der Waals surface area contributed by atoms with E-state index in [-0.39, 0.29) is 17.9 Å². The predicted octanol–water partition coefficient (Wildman–Crippen LogP) is 2.70. The van der Waals surface area contributed by atoms with Crippen LogP contribution in [0.25, 0.3) is 0 Å². The summed E-state index contributed by atoms with van der Waals surface area (Å²) in [6, 6.07) is 11.1. The third-order valence-electron chi connectivity index (χ3n) is 4.13. The molecule has 2 rings (SSSR count). The highest BCUT2D eigenvalue weighted by molar-refractivity contribution is 6.40. The van der Waals surface area contributed by atoms with Crippen LogP contribution in [-0.2, 0) is 14.3 Å². The fraction of sp³-hybridized carbons (Fsp3) is 0.286. The third kappa shape index (κ3) is 5.47. The maximum absolute atomic E-state index is 12.3. The molecule has 2 aromatic carbocycles. The van der Waals surface area contributed by atoms with E-state index in [0.717, 1.165) is 5.56 Å². The summed E-state index contributed by atoms with van der Waals surface area (Å²) in [5.74, 6) is -1.25. The van der Waals surface area contributed by atoms with E-state index in [2.05, 4.69) is 10.6 Å². The summed E-state index contributed by atoms with van der Waals surface area (Å²) in [7, 11) is 3.04. The Balaban J connectivity index is 2.08. The second kappa shape index (κ2) is 10.1. The minimum absolute atomic E-state index is 0.170. The summed E-state index contributed by atoms with van der Waals surface area (Å²) >= 11 is 0. The summed E-state index contributed by atoms with van der Waals surface area (Å²) < 4.78 is 15.4. The van der Waals surface area contributed by atoms with Crippen LogP contribution in [0.5, 0.6) is 11.5 Å². The average Bonchev–Trinajstić information content (AvgIpc) is 2.73. The molecule has 0 bridgehead atoms.